The smallest absolute Gasteiger partial charge is 0.265 e. The summed E-state index contributed by atoms with van der Waals surface area (Å²) in [5.41, 5.74) is 1.00. The Hall–Kier alpha value is -0.580. The van der Waals surface area contributed by atoms with E-state index in [0.29, 0.717) is 28.0 Å². The Bertz CT molecular complexity index is 504. The summed E-state index contributed by atoms with van der Waals surface area (Å²) in [7, 11) is 0. The van der Waals surface area contributed by atoms with Gasteiger partial charge in [-0.2, -0.15) is 0 Å². The van der Waals surface area contributed by atoms with Crippen molar-refractivity contribution in [2.24, 2.45) is 0 Å². The molecule has 3 heterocycles. The molecular weight excluding hydrogens is 292 g/mol. The summed E-state index contributed by atoms with van der Waals surface area (Å²) < 4.78 is 0. The summed E-state index contributed by atoms with van der Waals surface area (Å²) in [6, 6.07) is 1.56. The van der Waals surface area contributed by atoms with Crippen LogP contribution >= 0.6 is 22.9 Å². The van der Waals surface area contributed by atoms with E-state index in [9.17, 15) is 4.79 Å². The number of amides is 1. The van der Waals surface area contributed by atoms with E-state index >= 15 is 0 Å². The van der Waals surface area contributed by atoms with Gasteiger partial charge in [-0.3, -0.25) is 4.79 Å². The van der Waals surface area contributed by atoms with Crippen LogP contribution in [0.25, 0.3) is 0 Å². The fraction of sp³-hybridized carbons (Fsp3) is 0.667. The number of carbonyl (C=O) groups is 1. The minimum Gasteiger partial charge on any atom is -0.335 e. The first-order valence-corrected chi connectivity index (χ1v) is 8.66. The van der Waals surface area contributed by atoms with E-state index in [-0.39, 0.29) is 5.91 Å². The number of halogens is 1. The van der Waals surface area contributed by atoms with Crippen molar-refractivity contribution in [1.29, 1.82) is 0 Å². The zero-order valence-corrected chi connectivity index (χ0v) is 13.6. The van der Waals surface area contributed by atoms with E-state index < -0.39 is 0 Å². The lowest BCUT2D eigenvalue weighted by Crippen LogP contribution is -2.50. The standard InChI is InChI=1S/C15H21ClN2OS/c1-3-18(12-6-10-4-5-11(7-12)17-10)15(19)14-13(16)9(2)8-20-14/h8,10-12,17H,3-7H2,1-2H3. The fourth-order valence-electron chi connectivity index (χ4n) is 3.55. The van der Waals surface area contributed by atoms with E-state index in [4.69, 9.17) is 11.6 Å². The van der Waals surface area contributed by atoms with Crippen LogP contribution in [0.2, 0.25) is 5.02 Å². The third-order valence-corrected chi connectivity index (χ3v) is 6.27. The van der Waals surface area contributed by atoms with Gasteiger partial charge in [-0.25, -0.2) is 0 Å². The number of nitrogens with zero attached hydrogens (tertiary/aromatic N) is 1. The van der Waals surface area contributed by atoms with Crippen LogP contribution in [0, 0.1) is 6.92 Å². The van der Waals surface area contributed by atoms with Crippen LogP contribution < -0.4 is 5.32 Å². The first-order valence-electron chi connectivity index (χ1n) is 7.40. The second kappa shape index (κ2) is 5.66. The zero-order chi connectivity index (χ0) is 14.3. The topological polar surface area (TPSA) is 32.3 Å². The van der Waals surface area contributed by atoms with Crippen molar-refractivity contribution in [2.45, 2.75) is 57.7 Å². The maximum absolute atomic E-state index is 12.8. The van der Waals surface area contributed by atoms with Crippen LogP contribution in [0.4, 0.5) is 0 Å². The van der Waals surface area contributed by atoms with Crippen molar-refractivity contribution in [3.8, 4) is 0 Å². The summed E-state index contributed by atoms with van der Waals surface area (Å²) in [6.45, 7) is 4.78. The highest BCUT2D eigenvalue weighted by molar-refractivity contribution is 7.13. The van der Waals surface area contributed by atoms with Gasteiger partial charge in [0, 0.05) is 24.7 Å². The van der Waals surface area contributed by atoms with Crippen LogP contribution in [-0.2, 0) is 0 Å². The van der Waals surface area contributed by atoms with Gasteiger partial charge in [-0.1, -0.05) is 11.6 Å². The molecule has 0 aromatic carbocycles. The normalized spacial score (nSPS) is 28.6. The first kappa shape index (κ1) is 14.4. The summed E-state index contributed by atoms with van der Waals surface area (Å²) in [5, 5.41) is 6.23. The van der Waals surface area contributed by atoms with Crippen molar-refractivity contribution in [1.82, 2.24) is 10.2 Å². The van der Waals surface area contributed by atoms with E-state index in [1.807, 2.05) is 17.2 Å². The second-order valence-electron chi connectivity index (χ2n) is 5.92. The minimum atomic E-state index is 0.113. The summed E-state index contributed by atoms with van der Waals surface area (Å²) >= 11 is 7.73. The number of aryl methyl sites for hydroxylation is 1. The molecule has 0 saturated carbocycles. The Balaban J connectivity index is 1.79. The average Bonchev–Trinajstić information content (AvgIpc) is 2.94. The molecule has 2 atom stereocenters. The zero-order valence-electron chi connectivity index (χ0n) is 12.0. The number of rotatable bonds is 3. The summed E-state index contributed by atoms with van der Waals surface area (Å²) in [4.78, 5) is 15.5. The molecule has 1 aromatic rings. The molecule has 2 bridgehead atoms. The van der Waals surface area contributed by atoms with Gasteiger partial charge in [0.05, 0.1) is 5.02 Å². The van der Waals surface area contributed by atoms with Gasteiger partial charge in [0.15, 0.2) is 0 Å². The number of carbonyl (C=O) groups excluding carboxylic acids is 1. The predicted octanol–water partition coefficient (Wildman–Crippen LogP) is 3.46. The average molecular weight is 313 g/mol. The van der Waals surface area contributed by atoms with E-state index in [1.54, 1.807) is 0 Å². The highest BCUT2D eigenvalue weighted by Gasteiger charge is 2.37. The number of piperidine rings is 1. The Morgan fingerprint density at radius 1 is 1.45 bits per heavy atom. The number of hydrogen-bond donors (Lipinski definition) is 1. The molecule has 0 radical (unpaired) electrons. The summed E-state index contributed by atoms with van der Waals surface area (Å²) in [5.74, 6) is 0.113. The number of thiophene rings is 1. The van der Waals surface area contributed by atoms with E-state index in [2.05, 4.69) is 12.2 Å². The van der Waals surface area contributed by atoms with Crippen molar-refractivity contribution in [3.63, 3.8) is 0 Å². The first-order chi connectivity index (χ1) is 9.60. The lowest BCUT2D eigenvalue weighted by atomic mass is 9.98. The molecule has 2 saturated heterocycles. The fourth-order valence-corrected chi connectivity index (χ4v) is 4.78. The molecule has 1 N–H and O–H groups in total. The van der Waals surface area contributed by atoms with Gasteiger partial charge in [0.1, 0.15) is 4.88 Å². The largest absolute Gasteiger partial charge is 0.335 e. The molecule has 3 nitrogen and oxygen atoms in total. The molecule has 2 unspecified atom stereocenters. The van der Waals surface area contributed by atoms with Crippen molar-refractivity contribution >= 4 is 28.8 Å². The van der Waals surface area contributed by atoms with Gasteiger partial charge in [-0.15, -0.1) is 11.3 Å². The SMILES string of the molecule is CCN(C(=O)c1scc(C)c1Cl)C1CC2CCC(C1)N2. The van der Waals surface area contributed by atoms with Gasteiger partial charge in [-0.05, 0) is 50.5 Å². The van der Waals surface area contributed by atoms with Crippen molar-refractivity contribution in [2.75, 3.05) is 6.54 Å². The number of hydrogen-bond acceptors (Lipinski definition) is 3. The Labute approximate surface area is 129 Å². The molecule has 0 aliphatic carbocycles. The molecule has 1 aromatic heterocycles. The van der Waals surface area contributed by atoms with Crippen LogP contribution in [0.3, 0.4) is 0 Å². The molecule has 110 valence electrons. The number of nitrogens with one attached hydrogen (secondary N) is 1. The lowest BCUT2D eigenvalue weighted by molar-refractivity contribution is 0.0636. The summed E-state index contributed by atoms with van der Waals surface area (Å²) in [6.07, 6.45) is 4.67. The Morgan fingerprint density at radius 2 is 2.10 bits per heavy atom. The molecule has 2 fully saturated rings. The van der Waals surface area contributed by atoms with Crippen LogP contribution in [0.15, 0.2) is 5.38 Å². The van der Waals surface area contributed by atoms with Crippen molar-refractivity contribution < 1.29 is 4.79 Å². The molecule has 2 aliphatic heterocycles. The maximum atomic E-state index is 12.8. The third kappa shape index (κ3) is 2.49. The lowest BCUT2D eigenvalue weighted by Gasteiger charge is -2.37. The van der Waals surface area contributed by atoms with Crippen LogP contribution in [0.5, 0.6) is 0 Å². The van der Waals surface area contributed by atoms with Crippen LogP contribution in [-0.4, -0.2) is 35.5 Å². The van der Waals surface area contributed by atoms with Crippen LogP contribution in [0.1, 0.15) is 47.8 Å². The van der Waals surface area contributed by atoms with E-state index in [1.165, 1.54) is 24.2 Å². The van der Waals surface area contributed by atoms with Gasteiger partial charge in [0.2, 0.25) is 0 Å². The quantitative estimate of drug-likeness (QED) is 0.927. The van der Waals surface area contributed by atoms with Gasteiger partial charge in [0.25, 0.3) is 5.91 Å². The molecule has 1 amide bonds. The van der Waals surface area contributed by atoms with Gasteiger partial charge >= 0.3 is 0 Å². The number of fused-ring (bicyclic) bond motifs is 2. The monoisotopic (exact) mass is 312 g/mol. The third-order valence-electron chi connectivity index (χ3n) is 4.58. The molecule has 3 rings (SSSR count). The highest BCUT2D eigenvalue weighted by atomic mass is 35.5. The Morgan fingerprint density at radius 3 is 2.60 bits per heavy atom. The van der Waals surface area contributed by atoms with Gasteiger partial charge < -0.3 is 10.2 Å². The highest BCUT2D eigenvalue weighted by Crippen LogP contribution is 2.33. The predicted molar refractivity (Wildman–Crippen MR) is 83.7 cm³/mol. The van der Waals surface area contributed by atoms with E-state index in [0.717, 1.165) is 24.9 Å². The Kier molecular flexibility index (Phi) is 4.07. The maximum Gasteiger partial charge on any atom is 0.265 e. The molecule has 2 aliphatic rings. The second-order valence-corrected chi connectivity index (χ2v) is 7.17. The molecule has 5 heteroatoms. The molecule has 20 heavy (non-hydrogen) atoms. The van der Waals surface area contributed by atoms with Crippen molar-refractivity contribution in [3.05, 3.63) is 20.8 Å². The molecular formula is C15H21ClN2OS. The molecule has 0 spiro atoms. The minimum absolute atomic E-state index is 0.113.